The highest BCUT2D eigenvalue weighted by molar-refractivity contribution is 7.89. The number of amides is 1. The number of Topliss-reactive ketones (excluding diaryl/α,β-unsaturated/α-hetero) is 1. The normalized spacial score (nSPS) is 16.2. The van der Waals surface area contributed by atoms with Gasteiger partial charge in [0.05, 0.1) is 4.90 Å². The number of rotatable bonds is 13. The Kier molecular flexibility index (Phi) is 10.5. The number of carbonyl (C=O) groups is 2. The number of hydrogen-bond acceptors (Lipinski definition) is 8. The van der Waals surface area contributed by atoms with Gasteiger partial charge in [-0.05, 0) is 50.7 Å². The number of aromatic nitrogens is 1. The zero-order chi connectivity index (χ0) is 30.3. The predicted molar refractivity (Wildman–Crippen MR) is 167 cm³/mol. The molecule has 5 N–H and O–H groups in total. The van der Waals surface area contributed by atoms with E-state index >= 15 is 0 Å². The zero-order valence-corrected chi connectivity index (χ0v) is 25.7. The van der Waals surface area contributed by atoms with Crippen LogP contribution in [0.25, 0.3) is 10.8 Å². The molecule has 1 fully saturated rings. The average Bonchev–Trinajstić information content (AvgIpc) is 3.52. The topological polar surface area (TPSA) is 164 Å². The summed E-state index contributed by atoms with van der Waals surface area (Å²) in [7, 11) is -0.297. The van der Waals surface area contributed by atoms with Gasteiger partial charge in [-0.3, -0.25) is 14.6 Å². The highest BCUT2D eigenvalue weighted by Gasteiger charge is 2.34. The van der Waals surface area contributed by atoms with E-state index in [2.05, 4.69) is 14.7 Å². The van der Waals surface area contributed by atoms with E-state index in [1.807, 2.05) is 37.2 Å². The Morgan fingerprint density at radius 2 is 1.93 bits per heavy atom. The van der Waals surface area contributed by atoms with Crippen LogP contribution in [0.2, 0.25) is 0 Å². The molecule has 1 amide bonds. The number of hydrogen-bond donors (Lipinski definition) is 3. The van der Waals surface area contributed by atoms with Gasteiger partial charge in [-0.15, -0.1) is 11.3 Å². The van der Waals surface area contributed by atoms with E-state index in [-0.39, 0.29) is 48.0 Å². The summed E-state index contributed by atoms with van der Waals surface area (Å²) in [6, 6.07) is 9.47. The van der Waals surface area contributed by atoms with Crippen LogP contribution in [0, 0.1) is 0 Å². The van der Waals surface area contributed by atoms with Crippen molar-refractivity contribution in [2.75, 3.05) is 32.1 Å². The lowest BCUT2D eigenvalue weighted by Gasteiger charge is -2.38. The molecule has 0 radical (unpaired) electrons. The van der Waals surface area contributed by atoms with Gasteiger partial charge in [-0.25, -0.2) is 13.4 Å². The zero-order valence-electron chi connectivity index (χ0n) is 24.0. The van der Waals surface area contributed by atoms with Crippen molar-refractivity contribution >= 4 is 55.5 Å². The number of carbonyl (C=O) groups excluding carboxylic acids is 2. The van der Waals surface area contributed by atoms with Crippen LogP contribution in [0.3, 0.4) is 0 Å². The standard InChI is InChI=1S/C29H39N7O4S2/c1-35(2)24-12-5-10-22-21(24)9-6-13-26(22)42(39,40)34-23(11-7-16-33-29(30)31)28(38)36-18-4-3-8-20(36)14-15-25(37)27-32-17-19-41-27/h5-6,9-10,12-13,17,19-20,23,34H,3-4,7-8,11,14-16,18H2,1-2H3,(H4,30,31,33). The van der Waals surface area contributed by atoms with Crippen LogP contribution >= 0.6 is 11.3 Å². The Hall–Kier alpha value is -3.55. The quantitative estimate of drug-likeness (QED) is 0.115. The number of nitrogens with two attached hydrogens (primary N) is 2. The molecule has 2 atom stereocenters. The van der Waals surface area contributed by atoms with Crippen molar-refractivity contribution in [1.29, 1.82) is 0 Å². The van der Waals surface area contributed by atoms with Gasteiger partial charge in [-0.1, -0.05) is 24.3 Å². The number of sulfonamides is 1. The number of likely N-dealkylation sites (tertiary alicyclic amines) is 1. The number of ketones is 1. The van der Waals surface area contributed by atoms with Crippen LogP contribution in [0.1, 0.15) is 54.7 Å². The molecule has 226 valence electrons. The Labute approximate surface area is 251 Å². The fraction of sp³-hybridized carbons (Fsp3) is 0.448. The summed E-state index contributed by atoms with van der Waals surface area (Å²) in [5.41, 5.74) is 11.8. The number of fused-ring (bicyclic) bond motifs is 1. The van der Waals surface area contributed by atoms with E-state index in [0.29, 0.717) is 29.8 Å². The number of benzene rings is 2. The van der Waals surface area contributed by atoms with Crippen LogP contribution in [-0.2, 0) is 14.8 Å². The first-order chi connectivity index (χ1) is 20.1. The van der Waals surface area contributed by atoms with E-state index < -0.39 is 16.1 Å². The molecule has 42 heavy (non-hydrogen) atoms. The van der Waals surface area contributed by atoms with E-state index in [1.54, 1.807) is 34.7 Å². The lowest BCUT2D eigenvalue weighted by molar-refractivity contribution is -0.137. The number of thiazole rings is 1. The Morgan fingerprint density at radius 3 is 2.64 bits per heavy atom. The third-order valence-corrected chi connectivity index (χ3v) is 9.80. The van der Waals surface area contributed by atoms with Crippen LogP contribution in [-0.4, -0.2) is 75.2 Å². The highest BCUT2D eigenvalue weighted by atomic mass is 32.2. The molecule has 0 bridgehead atoms. The van der Waals surface area contributed by atoms with Gasteiger partial charge >= 0.3 is 0 Å². The van der Waals surface area contributed by atoms with Crippen molar-refractivity contribution < 1.29 is 18.0 Å². The van der Waals surface area contributed by atoms with Crippen molar-refractivity contribution in [3.63, 3.8) is 0 Å². The minimum absolute atomic E-state index is 0.0505. The summed E-state index contributed by atoms with van der Waals surface area (Å²) < 4.78 is 30.5. The molecule has 0 aliphatic carbocycles. The molecule has 0 saturated carbocycles. The van der Waals surface area contributed by atoms with Gasteiger partial charge in [0.25, 0.3) is 0 Å². The van der Waals surface area contributed by atoms with Gasteiger partial charge in [0.1, 0.15) is 6.04 Å². The van der Waals surface area contributed by atoms with Crippen LogP contribution in [0.4, 0.5) is 5.69 Å². The third kappa shape index (κ3) is 7.64. The third-order valence-electron chi connectivity index (χ3n) is 7.46. The number of guanidine groups is 1. The molecular weight excluding hydrogens is 574 g/mol. The van der Waals surface area contributed by atoms with E-state index in [1.165, 1.54) is 11.3 Å². The van der Waals surface area contributed by atoms with Crippen molar-refractivity contribution in [1.82, 2.24) is 14.6 Å². The van der Waals surface area contributed by atoms with Crippen molar-refractivity contribution in [2.24, 2.45) is 16.5 Å². The largest absolute Gasteiger partial charge is 0.377 e. The van der Waals surface area contributed by atoms with E-state index in [9.17, 15) is 18.0 Å². The molecule has 2 aromatic carbocycles. The van der Waals surface area contributed by atoms with Gasteiger partial charge in [0.2, 0.25) is 15.9 Å². The second kappa shape index (κ2) is 14.1. The smallest absolute Gasteiger partial charge is 0.241 e. The number of nitrogens with one attached hydrogen (secondary N) is 1. The average molecular weight is 614 g/mol. The van der Waals surface area contributed by atoms with Gasteiger partial charge < -0.3 is 21.3 Å². The molecule has 1 saturated heterocycles. The lowest BCUT2D eigenvalue weighted by atomic mass is 9.95. The molecule has 2 heterocycles. The van der Waals surface area contributed by atoms with Crippen molar-refractivity contribution in [2.45, 2.75) is 61.9 Å². The van der Waals surface area contributed by atoms with E-state index in [4.69, 9.17) is 11.5 Å². The minimum atomic E-state index is -4.10. The second-order valence-electron chi connectivity index (χ2n) is 10.6. The molecule has 2 unspecified atom stereocenters. The molecule has 13 heteroatoms. The van der Waals surface area contributed by atoms with Gasteiger partial charge in [-0.2, -0.15) is 4.72 Å². The summed E-state index contributed by atoms with van der Waals surface area (Å²) in [5.74, 6) is -0.415. The fourth-order valence-corrected chi connectivity index (χ4v) is 7.48. The van der Waals surface area contributed by atoms with Gasteiger partial charge in [0, 0.05) is 67.7 Å². The summed E-state index contributed by atoms with van der Waals surface area (Å²) in [6.45, 7) is 0.765. The molecule has 0 spiro atoms. The monoisotopic (exact) mass is 613 g/mol. The molecule has 1 aliphatic rings. The Balaban J connectivity index is 1.59. The van der Waals surface area contributed by atoms with Crippen LogP contribution < -0.4 is 21.1 Å². The molecule has 11 nitrogen and oxygen atoms in total. The second-order valence-corrected chi connectivity index (χ2v) is 13.2. The maximum Gasteiger partial charge on any atom is 0.241 e. The van der Waals surface area contributed by atoms with Crippen LogP contribution in [0.15, 0.2) is 57.9 Å². The molecule has 1 aliphatic heterocycles. The first-order valence-electron chi connectivity index (χ1n) is 14.1. The summed E-state index contributed by atoms with van der Waals surface area (Å²) in [6.07, 6.45) is 5.48. The highest BCUT2D eigenvalue weighted by Crippen LogP contribution is 2.31. The summed E-state index contributed by atoms with van der Waals surface area (Å²) in [4.78, 5) is 38.5. The van der Waals surface area contributed by atoms with Crippen LogP contribution in [0.5, 0.6) is 0 Å². The fourth-order valence-electron chi connectivity index (χ4n) is 5.43. The SMILES string of the molecule is CN(C)c1cccc2c(S(=O)(=O)NC(CCCN=C(N)N)C(=O)N3CCCCC3CCC(=O)c3nccs3)cccc12. The maximum atomic E-state index is 14.0. The number of piperidine rings is 1. The number of aliphatic imine (C=N–C) groups is 1. The van der Waals surface area contributed by atoms with Crippen molar-refractivity contribution in [3.8, 4) is 0 Å². The predicted octanol–water partition coefficient (Wildman–Crippen LogP) is 3.11. The molecular formula is C29H39N7O4S2. The van der Waals surface area contributed by atoms with Gasteiger partial charge in [0.15, 0.2) is 16.8 Å². The maximum absolute atomic E-state index is 14.0. The Bertz CT molecular complexity index is 1520. The summed E-state index contributed by atoms with van der Waals surface area (Å²) >= 11 is 1.30. The lowest BCUT2D eigenvalue weighted by Crippen LogP contribution is -2.53. The van der Waals surface area contributed by atoms with E-state index in [0.717, 1.165) is 30.3 Å². The first-order valence-corrected chi connectivity index (χ1v) is 16.4. The molecule has 1 aromatic heterocycles. The number of anilines is 1. The number of nitrogens with zero attached hydrogens (tertiary/aromatic N) is 4. The Morgan fingerprint density at radius 1 is 1.17 bits per heavy atom. The first kappa shape index (κ1) is 31.4. The summed E-state index contributed by atoms with van der Waals surface area (Å²) in [5, 5.41) is 3.59. The minimum Gasteiger partial charge on any atom is -0.377 e. The molecule has 4 rings (SSSR count). The molecule has 3 aromatic rings. The van der Waals surface area contributed by atoms with Crippen molar-refractivity contribution in [3.05, 3.63) is 53.0 Å².